The monoisotopic (exact) mass is 632 g/mol. The van der Waals surface area contributed by atoms with Crippen LogP contribution in [0.5, 0.6) is 0 Å². The highest BCUT2D eigenvalue weighted by Crippen LogP contribution is 2.66. The van der Waals surface area contributed by atoms with E-state index < -0.39 is 84.0 Å². The lowest BCUT2D eigenvalue weighted by Crippen LogP contribution is -2.77. The molecule has 0 bridgehead atoms. The molecule has 2 nitrogen and oxygen atoms in total. The Labute approximate surface area is 200 Å². The van der Waals surface area contributed by atoms with Crippen molar-refractivity contribution >= 4 is 5.97 Å². The molecule has 0 aliphatic carbocycles. The highest BCUT2D eigenvalue weighted by atomic mass is 19.4. The number of carbonyl (C=O) groups excluding carboxylic acids is 1. The molecule has 0 heterocycles. The minimum Gasteiger partial charge on any atom is -0.453 e. The van der Waals surface area contributed by atoms with Gasteiger partial charge in [-0.1, -0.05) is 6.58 Å². The van der Waals surface area contributed by atoms with Gasteiger partial charge in [-0.05, 0) is 13.8 Å². The first-order valence-corrected chi connectivity index (χ1v) is 8.83. The molecular formula is C16H9F21O2. The highest BCUT2D eigenvalue weighted by molar-refractivity contribution is 5.87. The Morgan fingerprint density at radius 2 is 0.744 bits per heavy atom. The molecule has 0 aromatic heterocycles. The predicted molar refractivity (Wildman–Crippen MR) is 80.9 cm³/mol. The van der Waals surface area contributed by atoms with Crippen LogP contribution in [0.4, 0.5) is 92.2 Å². The standard InChI is InChI=1S/C16H9F21O2/c1-4(2)6(38)39-5(3)7(17,18)8(19,20)9(21,22)10(23,24)11(25,26)12(27,28)13(29,30)14(31,32)15(33,34)16(35,36)37/h5H,1H2,2-3H3. The molecule has 0 N–H and O–H groups in total. The lowest BCUT2D eigenvalue weighted by Gasteiger charge is -2.45. The van der Waals surface area contributed by atoms with Crippen LogP contribution in [0.15, 0.2) is 12.2 Å². The summed E-state index contributed by atoms with van der Waals surface area (Å²) in [4.78, 5) is 11.1. The number of hydrogen-bond acceptors (Lipinski definition) is 2. The summed E-state index contributed by atoms with van der Waals surface area (Å²) >= 11 is 0. The third kappa shape index (κ3) is 4.73. The summed E-state index contributed by atoms with van der Waals surface area (Å²) in [6.45, 7) is 2.73. The van der Waals surface area contributed by atoms with Crippen LogP contribution in [-0.2, 0) is 9.53 Å². The van der Waals surface area contributed by atoms with Gasteiger partial charge in [0.25, 0.3) is 0 Å². The summed E-state index contributed by atoms with van der Waals surface area (Å²) in [5.74, 6) is -80.2. The minimum atomic E-state index is -9.24. The third-order valence-corrected chi connectivity index (χ3v) is 4.68. The van der Waals surface area contributed by atoms with Crippen LogP contribution in [0, 0.1) is 0 Å². The van der Waals surface area contributed by atoms with Gasteiger partial charge in [-0.3, -0.25) is 0 Å². The van der Waals surface area contributed by atoms with E-state index in [-0.39, 0.29) is 0 Å². The lowest BCUT2D eigenvalue weighted by atomic mass is 9.85. The fourth-order valence-electron chi connectivity index (χ4n) is 2.16. The molecule has 0 radical (unpaired) electrons. The van der Waals surface area contributed by atoms with E-state index in [2.05, 4.69) is 11.3 Å². The van der Waals surface area contributed by atoms with Crippen LogP contribution in [0.1, 0.15) is 13.8 Å². The molecule has 1 atom stereocenters. The second-order valence-corrected chi connectivity index (χ2v) is 7.54. The topological polar surface area (TPSA) is 26.3 Å². The van der Waals surface area contributed by atoms with Crippen molar-refractivity contribution in [1.82, 2.24) is 0 Å². The normalized spacial score (nSPS) is 16.7. The molecule has 0 saturated heterocycles. The van der Waals surface area contributed by atoms with Crippen molar-refractivity contribution in [2.75, 3.05) is 0 Å². The second-order valence-electron chi connectivity index (χ2n) is 7.54. The zero-order chi connectivity index (χ0) is 32.4. The number of hydrogen-bond donors (Lipinski definition) is 0. The van der Waals surface area contributed by atoms with Gasteiger partial charge in [0, 0.05) is 5.57 Å². The number of rotatable bonds is 11. The Bertz CT molecular complexity index is 944. The lowest BCUT2D eigenvalue weighted by molar-refractivity contribution is -0.475. The van der Waals surface area contributed by atoms with Crippen molar-refractivity contribution in [3.63, 3.8) is 0 Å². The summed E-state index contributed by atoms with van der Waals surface area (Å²) in [7, 11) is 0. The Kier molecular flexibility index (Phi) is 8.86. The Morgan fingerprint density at radius 1 is 0.513 bits per heavy atom. The number of esters is 1. The van der Waals surface area contributed by atoms with Gasteiger partial charge in [0.15, 0.2) is 6.10 Å². The van der Waals surface area contributed by atoms with Gasteiger partial charge >= 0.3 is 65.4 Å². The van der Waals surface area contributed by atoms with Crippen molar-refractivity contribution in [3.8, 4) is 0 Å². The Hall–Kier alpha value is -2.26. The van der Waals surface area contributed by atoms with E-state index in [1.165, 1.54) is 0 Å². The zero-order valence-corrected chi connectivity index (χ0v) is 18.0. The fraction of sp³-hybridized carbons (Fsp3) is 0.812. The van der Waals surface area contributed by atoms with Crippen LogP contribution in [0.2, 0.25) is 0 Å². The van der Waals surface area contributed by atoms with Crippen LogP contribution in [0.25, 0.3) is 0 Å². The summed E-state index contributed by atoms with van der Waals surface area (Å²) in [6.07, 6.45) is -12.1. The molecule has 39 heavy (non-hydrogen) atoms. The van der Waals surface area contributed by atoms with E-state index in [4.69, 9.17) is 0 Å². The Balaban J connectivity index is 7.05. The van der Waals surface area contributed by atoms with Gasteiger partial charge < -0.3 is 4.74 Å². The quantitative estimate of drug-likeness (QED) is 0.132. The van der Waals surface area contributed by atoms with Crippen LogP contribution >= 0.6 is 0 Å². The molecule has 0 spiro atoms. The fourth-order valence-corrected chi connectivity index (χ4v) is 2.16. The first-order chi connectivity index (χ1) is 16.5. The van der Waals surface area contributed by atoms with E-state index in [9.17, 15) is 97.0 Å². The number of ether oxygens (including phenoxy) is 1. The van der Waals surface area contributed by atoms with E-state index >= 15 is 0 Å². The third-order valence-electron chi connectivity index (χ3n) is 4.68. The highest BCUT2D eigenvalue weighted by Gasteiger charge is 2.98. The molecule has 0 rings (SSSR count). The van der Waals surface area contributed by atoms with Gasteiger partial charge in [0.2, 0.25) is 0 Å². The SMILES string of the molecule is C=C(C)C(=O)OC(C)C(F)(F)C(F)(F)C(F)(F)C(F)(F)C(F)(F)C(F)(F)C(F)(F)C(F)(F)C(F)(F)C(F)(F)F. The first kappa shape index (κ1) is 36.7. The molecule has 0 aromatic carbocycles. The molecule has 0 fully saturated rings. The molecule has 0 aliphatic rings. The molecule has 0 amide bonds. The maximum atomic E-state index is 13.8. The van der Waals surface area contributed by atoms with Crippen LogP contribution in [-0.4, -0.2) is 71.6 Å². The van der Waals surface area contributed by atoms with Crippen molar-refractivity contribution in [3.05, 3.63) is 12.2 Å². The largest absolute Gasteiger partial charge is 0.460 e. The van der Waals surface area contributed by atoms with Gasteiger partial charge in [0.05, 0.1) is 0 Å². The molecule has 232 valence electrons. The summed E-state index contributed by atoms with van der Waals surface area (Å²) in [6, 6.07) is 0. The van der Waals surface area contributed by atoms with Crippen molar-refractivity contribution in [2.45, 2.75) is 79.4 Å². The molecule has 1 unspecified atom stereocenters. The Morgan fingerprint density at radius 3 is 0.974 bits per heavy atom. The summed E-state index contributed by atoms with van der Waals surface area (Å²) in [5, 5.41) is 0. The molecule has 0 aromatic rings. The maximum absolute atomic E-state index is 13.8. The second kappa shape index (κ2) is 9.40. The molecular weight excluding hydrogens is 623 g/mol. The number of alkyl halides is 21. The predicted octanol–water partition coefficient (Wildman–Crippen LogP) is 7.77. The van der Waals surface area contributed by atoms with Gasteiger partial charge in [-0.2, -0.15) is 92.2 Å². The smallest absolute Gasteiger partial charge is 0.453 e. The average molecular weight is 632 g/mol. The minimum absolute atomic E-state index is 0.510. The zero-order valence-electron chi connectivity index (χ0n) is 18.0. The van der Waals surface area contributed by atoms with Crippen molar-refractivity contribution in [1.29, 1.82) is 0 Å². The van der Waals surface area contributed by atoms with E-state index in [0.717, 1.165) is 0 Å². The number of carbonyl (C=O) groups is 1. The molecule has 23 heteroatoms. The summed E-state index contributed by atoms with van der Waals surface area (Å²) in [5.41, 5.74) is -0.983. The summed E-state index contributed by atoms with van der Waals surface area (Å²) < 4.78 is 282. The van der Waals surface area contributed by atoms with E-state index in [1.54, 1.807) is 0 Å². The maximum Gasteiger partial charge on any atom is 0.460 e. The van der Waals surface area contributed by atoms with E-state index in [1.807, 2.05) is 0 Å². The van der Waals surface area contributed by atoms with Crippen LogP contribution < -0.4 is 0 Å². The van der Waals surface area contributed by atoms with Crippen LogP contribution in [0.3, 0.4) is 0 Å². The average Bonchev–Trinajstić information content (AvgIpc) is 2.71. The number of halogens is 21. The molecule has 0 saturated carbocycles. The first-order valence-electron chi connectivity index (χ1n) is 8.83. The van der Waals surface area contributed by atoms with E-state index in [0.29, 0.717) is 6.92 Å². The van der Waals surface area contributed by atoms with Gasteiger partial charge in [-0.15, -0.1) is 0 Å². The van der Waals surface area contributed by atoms with Gasteiger partial charge in [-0.25, -0.2) is 4.79 Å². The van der Waals surface area contributed by atoms with Crippen molar-refractivity contribution in [2.24, 2.45) is 0 Å². The van der Waals surface area contributed by atoms with Crippen molar-refractivity contribution < 1.29 is 102 Å². The van der Waals surface area contributed by atoms with Gasteiger partial charge in [0.1, 0.15) is 0 Å². The molecule has 0 aliphatic heterocycles.